The number of nitrogens with zero attached hydrogens (tertiary/aromatic N) is 3. The van der Waals surface area contributed by atoms with Gasteiger partial charge in [0.15, 0.2) is 4.80 Å². The molecule has 6 nitrogen and oxygen atoms in total. The first-order valence-corrected chi connectivity index (χ1v) is 11.8. The molecule has 0 aliphatic heterocycles. The van der Waals surface area contributed by atoms with Gasteiger partial charge in [0.05, 0.1) is 15.1 Å². The molecule has 3 aromatic rings. The molecule has 29 heavy (non-hydrogen) atoms. The Balaban J connectivity index is 2.02. The Morgan fingerprint density at radius 2 is 1.79 bits per heavy atom. The van der Waals surface area contributed by atoms with E-state index in [0.29, 0.717) is 10.4 Å². The quantitative estimate of drug-likeness (QED) is 0.598. The van der Waals surface area contributed by atoms with Crippen molar-refractivity contribution in [1.82, 2.24) is 8.87 Å². The van der Waals surface area contributed by atoms with E-state index in [0.717, 1.165) is 33.9 Å². The highest BCUT2D eigenvalue weighted by Crippen LogP contribution is 2.20. The molecule has 0 saturated heterocycles. The van der Waals surface area contributed by atoms with Gasteiger partial charge >= 0.3 is 0 Å². The molecule has 0 atom stereocenters. The SMILES string of the molecule is CCCn1c(=NC(=O)c2ccc(S(=O)(=O)N(C)C)cc2)sc2cc(CC)ccc21. The highest BCUT2D eigenvalue weighted by atomic mass is 32.2. The Kier molecular flexibility index (Phi) is 6.36. The summed E-state index contributed by atoms with van der Waals surface area (Å²) in [5.41, 5.74) is 2.68. The fourth-order valence-electron chi connectivity index (χ4n) is 2.99. The van der Waals surface area contributed by atoms with E-state index in [4.69, 9.17) is 0 Å². The molecule has 2 aromatic carbocycles. The number of carbonyl (C=O) groups excluding carboxylic acids is 1. The van der Waals surface area contributed by atoms with Gasteiger partial charge in [0, 0.05) is 26.2 Å². The third kappa shape index (κ3) is 4.34. The zero-order chi connectivity index (χ0) is 21.2. The summed E-state index contributed by atoms with van der Waals surface area (Å²) in [5.74, 6) is -0.383. The van der Waals surface area contributed by atoms with Crippen molar-refractivity contribution in [2.24, 2.45) is 4.99 Å². The first-order chi connectivity index (χ1) is 13.8. The normalized spacial score (nSPS) is 12.8. The van der Waals surface area contributed by atoms with Crippen LogP contribution in [0.5, 0.6) is 0 Å². The number of fused-ring (bicyclic) bond motifs is 1. The molecule has 154 valence electrons. The van der Waals surface area contributed by atoms with Gasteiger partial charge in [-0.25, -0.2) is 12.7 Å². The van der Waals surface area contributed by atoms with Crippen LogP contribution in [-0.4, -0.2) is 37.3 Å². The summed E-state index contributed by atoms with van der Waals surface area (Å²) in [7, 11) is -0.579. The number of amides is 1. The van der Waals surface area contributed by atoms with Crippen molar-refractivity contribution in [3.05, 3.63) is 58.4 Å². The smallest absolute Gasteiger partial charge is 0.279 e. The molecule has 1 aromatic heterocycles. The van der Waals surface area contributed by atoms with E-state index >= 15 is 0 Å². The van der Waals surface area contributed by atoms with Gasteiger partial charge in [-0.1, -0.05) is 31.3 Å². The number of aromatic nitrogens is 1. The Bertz CT molecular complexity index is 1200. The lowest BCUT2D eigenvalue weighted by Crippen LogP contribution is -2.22. The summed E-state index contributed by atoms with van der Waals surface area (Å²) in [6.07, 6.45) is 1.88. The van der Waals surface area contributed by atoms with Crippen LogP contribution in [0, 0.1) is 0 Å². The van der Waals surface area contributed by atoms with Gasteiger partial charge in [0.1, 0.15) is 0 Å². The van der Waals surface area contributed by atoms with Gasteiger partial charge in [-0.2, -0.15) is 4.99 Å². The summed E-state index contributed by atoms with van der Waals surface area (Å²) in [6, 6.07) is 12.2. The molecule has 0 radical (unpaired) electrons. The Labute approximate surface area is 175 Å². The molecular weight excluding hydrogens is 406 g/mol. The molecule has 0 bridgehead atoms. The van der Waals surface area contributed by atoms with E-state index in [2.05, 4.69) is 41.6 Å². The second kappa shape index (κ2) is 8.61. The van der Waals surface area contributed by atoms with Crippen LogP contribution >= 0.6 is 11.3 Å². The van der Waals surface area contributed by atoms with Gasteiger partial charge in [0.25, 0.3) is 5.91 Å². The third-order valence-corrected chi connectivity index (χ3v) is 7.55. The van der Waals surface area contributed by atoms with Crippen molar-refractivity contribution in [1.29, 1.82) is 0 Å². The Hall–Kier alpha value is -2.29. The summed E-state index contributed by atoms with van der Waals surface area (Å²) < 4.78 is 28.7. The number of rotatable bonds is 6. The number of hydrogen-bond donors (Lipinski definition) is 0. The third-order valence-electron chi connectivity index (χ3n) is 4.68. The van der Waals surface area contributed by atoms with Crippen LogP contribution in [0.4, 0.5) is 0 Å². The average molecular weight is 432 g/mol. The highest BCUT2D eigenvalue weighted by molar-refractivity contribution is 7.89. The Morgan fingerprint density at radius 3 is 2.38 bits per heavy atom. The second-order valence-electron chi connectivity index (χ2n) is 6.92. The van der Waals surface area contributed by atoms with Gasteiger partial charge < -0.3 is 4.57 Å². The first-order valence-electron chi connectivity index (χ1n) is 9.51. The lowest BCUT2D eigenvalue weighted by Gasteiger charge is -2.11. The summed E-state index contributed by atoms with van der Waals surface area (Å²) in [6.45, 7) is 4.98. The van der Waals surface area contributed by atoms with Crippen LogP contribution in [0.2, 0.25) is 0 Å². The molecule has 0 unspecified atom stereocenters. The maximum absolute atomic E-state index is 12.7. The number of thiazole rings is 1. The fourth-order valence-corrected chi connectivity index (χ4v) is 5.01. The number of carbonyl (C=O) groups is 1. The number of benzene rings is 2. The van der Waals surface area contributed by atoms with Crippen molar-refractivity contribution >= 4 is 37.5 Å². The molecule has 8 heteroatoms. The molecule has 0 saturated carbocycles. The largest absolute Gasteiger partial charge is 0.316 e. The summed E-state index contributed by atoms with van der Waals surface area (Å²) in [5, 5.41) is 0. The van der Waals surface area contributed by atoms with Crippen molar-refractivity contribution in [3.8, 4) is 0 Å². The Morgan fingerprint density at radius 1 is 1.10 bits per heavy atom. The standard InChI is InChI=1S/C21H25N3O3S2/c1-5-13-24-18-12-7-15(6-2)14-19(18)28-21(24)22-20(25)16-8-10-17(11-9-16)29(26,27)23(3)4/h7-12,14H,5-6,13H2,1-4H3. The minimum Gasteiger partial charge on any atom is -0.316 e. The maximum atomic E-state index is 12.7. The molecule has 3 rings (SSSR count). The highest BCUT2D eigenvalue weighted by Gasteiger charge is 2.17. The van der Waals surface area contributed by atoms with E-state index in [-0.39, 0.29) is 10.8 Å². The van der Waals surface area contributed by atoms with Crippen molar-refractivity contribution in [2.45, 2.75) is 38.1 Å². The van der Waals surface area contributed by atoms with Crippen LogP contribution in [0.15, 0.2) is 52.4 Å². The predicted octanol–water partition coefficient (Wildman–Crippen LogP) is 3.67. The van der Waals surface area contributed by atoms with E-state index in [1.54, 1.807) is 0 Å². The number of hydrogen-bond acceptors (Lipinski definition) is 4. The van der Waals surface area contributed by atoms with Gasteiger partial charge in [-0.3, -0.25) is 4.79 Å². The lowest BCUT2D eigenvalue weighted by molar-refractivity contribution is 0.0997. The monoisotopic (exact) mass is 431 g/mol. The van der Waals surface area contributed by atoms with E-state index in [1.807, 2.05) is 0 Å². The average Bonchev–Trinajstić information content (AvgIpc) is 3.04. The van der Waals surface area contributed by atoms with Gasteiger partial charge in [-0.05, 0) is 54.8 Å². The van der Waals surface area contributed by atoms with Crippen LogP contribution in [0.3, 0.4) is 0 Å². The van der Waals surface area contributed by atoms with Gasteiger partial charge in [0.2, 0.25) is 10.0 Å². The van der Waals surface area contributed by atoms with E-state index in [1.165, 1.54) is 55.3 Å². The summed E-state index contributed by atoms with van der Waals surface area (Å²) in [4.78, 5) is 17.9. The van der Waals surface area contributed by atoms with E-state index < -0.39 is 10.0 Å². The molecular formula is C21H25N3O3S2. The number of sulfonamides is 1. The van der Waals surface area contributed by atoms with Gasteiger partial charge in [-0.15, -0.1) is 0 Å². The molecule has 0 fully saturated rings. The van der Waals surface area contributed by atoms with Crippen molar-refractivity contribution in [2.75, 3.05) is 14.1 Å². The number of aryl methyl sites for hydroxylation is 2. The molecule has 0 spiro atoms. The van der Waals surface area contributed by atoms with E-state index in [9.17, 15) is 13.2 Å². The van der Waals surface area contributed by atoms with Crippen molar-refractivity contribution in [3.63, 3.8) is 0 Å². The second-order valence-corrected chi connectivity index (χ2v) is 10.1. The summed E-state index contributed by atoms with van der Waals surface area (Å²) >= 11 is 1.50. The van der Waals surface area contributed by atoms with Crippen LogP contribution in [0.25, 0.3) is 10.2 Å². The zero-order valence-corrected chi connectivity index (χ0v) is 18.7. The van der Waals surface area contributed by atoms with Crippen LogP contribution in [-0.2, 0) is 23.0 Å². The van der Waals surface area contributed by atoms with Crippen LogP contribution < -0.4 is 4.80 Å². The molecule has 1 amide bonds. The fraction of sp³-hybridized carbons (Fsp3) is 0.333. The minimum absolute atomic E-state index is 0.147. The molecule has 1 heterocycles. The molecule has 0 N–H and O–H groups in total. The first kappa shape index (κ1) is 21.4. The predicted molar refractivity (Wildman–Crippen MR) is 117 cm³/mol. The zero-order valence-electron chi connectivity index (χ0n) is 17.0. The molecule has 0 aliphatic carbocycles. The molecule has 0 aliphatic rings. The maximum Gasteiger partial charge on any atom is 0.279 e. The topological polar surface area (TPSA) is 71.7 Å². The van der Waals surface area contributed by atoms with Crippen molar-refractivity contribution < 1.29 is 13.2 Å². The van der Waals surface area contributed by atoms with Crippen LogP contribution in [0.1, 0.15) is 36.2 Å². The minimum atomic E-state index is -3.53. The lowest BCUT2D eigenvalue weighted by atomic mass is 10.2.